The zero-order valence-corrected chi connectivity index (χ0v) is 11.5. The van der Waals surface area contributed by atoms with Crippen LogP contribution in [0.25, 0.3) is 0 Å². The Hall–Kier alpha value is -0.840. The highest BCUT2D eigenvalue weighted by molar-refractivity contribution is 6.33. The summed E-state index contributed by atoms with van der Waals surface area (Å²) in [5.41, 5.74) is 0.446. The maximum Gasteiger partial charge on any atom is 0.251 e. The van der Waals surface area contributed by atoms with Crippen LogP contribution in [0.15, 0.2) is 12.1 Å². The van der Waals surface area contributed by atoms with E-state index in [1.54, 1.807) is 0 Å². The number of rotatable bonds is 4. The van der Waals surface area contributed by atoms with E-state index in [0.29, 0.717) is 12.1 Å². The van der Waals surface area contributed by atoms with Gasteiger partial charge in [0, 0.05) is 18.7 Å². The Bertz CT molecular complexity index is 413. The van der Waals surface area contributed by atoms with Crippen LogP contribution in [0.5, 0.6) is 0 Å². The van der Waals surface area contributed by atoms with E-state index in [1.165, 1.54) is 25.0 Å². The number of carbonyl (C=O) groups is 1. The minimum atomic E-state index is -0.166. The van der Waals surface area contributed by atoms with Crippen molar-refractivity contribution in [1.29, 1.82) is 0 Å². The molecule has 1 saturated heterocycles. The largest absolute Gasteiger partial charge is 0.351 e. The molecule has 0 atom stereocenters. The van der Waals surface area contributed by atoms with E-state index in [9.17, 15) is 4.79 Å². The van der Waals surface area contributed by atoms with E-state index in [-0.39, 0.29) is 16.2 Å². The number of nitrogens with one attached hydrogen (secondary N) is 1. The zero-order valence-electron chi connectivity index (χ0n) is 9.96. The van der Waals surface area contributed by atoms with Gasteiger partial charge in [0.1, 0.15) is 10.3 Å². The van der Waals surface area contributed by atoms with Gasteiger partial charge in [-0.1, -0.05) is 23.2 Å². The fourth-order valence-electron chi connectivity index (χ4n) is 2.03. The third-order valence-corrected chi connectivity index (χ3v) is 3.32. The van der Waals surface area contributed by atoms with Crippen LogP contribution in [-0.2, 0) is 0 Å². The topological polar surface area (TPSA) is 45.2 Å². The summed E-state index contributed by atoms with van der Waals surface area (Å²) >= 11 is 11.5. The minimum Gasteiger partial charge on any atom is -0.351 e. The Labute approximate surface area is 116 Å². The van der Waals surface area contributed by atoms with E-state index in [0.717, 1.165) is 19.6 Å². The fraction of sp³-hybridized carbons (Fsp3) is 0.500. The van der Waals surface area contributed by atoms with Gasteiger partial charge in [-0.05, 0) is 38.1 Å². The van der Waals surface area contributed by atoms with E-state index in [4.69, 9.17) is 23.2 Å². The van der Waals surface area contributed by atoms with Crippen LogP contribution in [0.4, 0.5) is 0 Å². The summed E-state index contributed by atoms with van der Waals surface area (Å²) < 4.78 is 0. The summed E-state index contributed by atoms with van der Waals surface area (Å²) in [5, 5.41) is 3.31. The zero-order chi connectivity index (χ0) is 13.0. The molecule has 1 N–H and O–H groups in total. The molecule has 4 nitrogen and oxygen atoms in total. The molecule has 1 aliphatic rings. The number of halogens is 2. The first kappa shape index (κ1) is 13.6. The summed E-state index contributed by atoms with van der Waals surface area (Å²) in [7, 11) is 0. The molecule has 1 aliphatic heterocycles. The monoisotopic (exact) mass is 287 g/mol. The molecule has 1 fully saturated rings. The highest BCUT2D eigenvalue weighted by atomic mass is 35.5. The lowest BCUT2D eigenvalue weighted by molar-refractivity contribution is 0.0949. The predicted octanol–water partition coefficient (Wildman–Crippen LogP) is 2.21. The van der Waals surface area contributed by atoms with Gasteiger partial charge in [-0.3, -0.25) is 4.79 Å². The van der Waals surface area contributed by atoms with Crippen LogP contribution in [0.1, 0.15) is 23.2 Å². The lowest BCUT2D eigenvalue weighted by Crippen LogP contribution is -2.33. The maximum atomic E-state index is 11.8. The van der Waals surface area contributed by atoms with Crippen molar-refractivity contribution >= 4 is 29.1 Å². The number of hydrogen-bond donors (Lipinski definition) is 1. The van der Waals surface area contributed by atoms with Crippen LogP contribution < -0.4 is 5.32 Å². The molecule has 2 heterocycles. The van der Waals surface area contributed by atoms with Gasteiger partial charge in [0.15, 0.2) is 0 Å². The molecule has 0 aromatic carbocycles. The molecule has 1 amide bonds. The fourth-order valence-corrected chi connectivity index (χ4v) is 2.49. The molecule has 0 unspecified atom stereocenters. The first-order valence-corrected chi connectivity index (χ1v) is 6.74. The van der Waals surface area contributed by atoms with Gasteiger partial charge in [-0.2, -0.15) is 0 Å². The second-order valence-corrected chi connectivity index (χ2v) is 5.08. The number of pyridine rings is 1. The van der Waals surface area contributed by atoms with Gasteiger partial charge >= 0.3 is 0 Å². The Morgan fingerprint density at radius 3 is 2.50 bits per heavy atom. The van der Waals surface area contributed by atoms with Crippen LogP contribution in [0.2, 0.25) is 10.3 Å². The van der Waals surface area contributed by atoms with Crippen molar-refractivity contribution in [3.63, 3.8) is 0 Å². The standard InChI is InChI=1S/C12H15Cl2N3O/c13-10-7-9(8-11(14)16-10)12(18)15-3-6-17-4-1-2-5-17/h7-8H,1-6H2,(H,15,18). The van der Waals surface area contributed by atoms with Crippen molar-refractivity contribution in [2.45, 2.75) is 12.8 Å². The molecule has 6 heteroatoms. The molecule has 2 rings (SSSR count). The van der Waals surface area contributed by atoms with Gasteiger partial charge in [0.2, 0.25) is 0 Å². The quantitative estimate of drug-likeness (QED) is 0.864. The average molecular weight is 288 g/mol. The van der Waals surface area contributed by atoms with Gasteiger partial charge in [0.05, 0.1) is 0 Å². The van der Waals surface area contributed by atoms with Crippen molar-refractivity contribution < 1.29 is 4.79 Å². The SMILES string of the molecule is O=C(NCCN1CCCC1)c1cc(Cl)nc(Cl)c1. The summed E-state index contributed by atoms with van der Waals surface area (Å²) in [6.07, 6.45) is 2.51. The Morgan fingerprint density at radius 1 is 1.28 bits per heavy atom. The van der Waals surface area contributed by atoms with Crippen molar-refractivity contribution in [2.24, 2.45) is 0 Å². The highest BCUT2D eigenvalue weighted by Gasteiger charge is 2.12. The summed E-state index contributed by atoms with van der Waals surface area (Å²) in [6.45, 7) is 3.78. The van der Waals surface area contributed by atoms with Crippen molar-refractivity contribution in [2.75, 3.05) is 26.2 Å². The van der Waals surface area contributed by atoms with Gasteiger partial charge in [-0.15, -0.1) is 0 Å². The third kappa shape index (κ3) is 3.83. The van der Waals surface area contributed by atoms with E-state index < -0.39 is 0 Å². The van der Waals surface area contributed by atoms with E-state index >= 15 is 0 Å². The Kier molecular flexibility index (Phi) is 4.80. The molecule has 0 bridgehead atoms. The first-order valence-electron chi connectivity index (χ1n) is 5.99. The van der Waals surface area contributed by atoms with Crippen molar-refractivity contribution in [3.05, 3.63) is 28.0 Å². The van der Waals surface area contributed by atoms with Crippen LogP contribution in [0, 0.1) is 0 Å². The average Bonchev–Trinajstić information content (AvgIpc) is 2.80. The number of likely N-dealkylation sites (tertiary alicyclic amines) is 1. The Morgan fingerprint density at radius 2 is 1.89 bits per heavy atom. The van der Waals surface area contributed by atoms with Crippen molar-refractivity contribution in [1.82, 2.24) is 15.2 Å². The summed E-state index contributed by atoms with van der Waals surface area (Å²) in [6, 6.07) is 3.03. The molecule has 0 saturated carbocycles. The van der Waals surface area contributed by atoms with Crippen LogP contribution in [-0.4, -0.2) is 42.0 Å². The molecule has 0 spiro atoms. The lowest BCUT2D eigenvalue weighted by Gasteiger charge is -2.14. The first-order chi connectivity index (χ1) is 8.65. The minimum absolute atomic E-state index is 0.166. The smallest absolute Gasteiger partial charge is 0.251 e. The lowest BCUT2D eigenvalue weighted by atomic mass is 10.2. The predicted molar refractivity (Wildman–Crippen MR) is 72.3 cm³/mol. The summed E-state index contributed by atoms with van der Waals surface area (Å²) in [4.78, 5) is 18.0. The molecule has 18 heavy (non-hydrogen) atoms. The molecule has 0 radical (unpaired) electrons. The molecule has 1 aromatic heterocycles. The Balaban J connectivity index is 1.83. The third-order valence-electron chi connectivity index (χ3n) is 2.94. The number of amides is 1. The normalized spacial score (nSPS) is 15.9. The van der Waals surface area contributed by atoms with Crippen LogP contribution >= 0.6 is 23.2 Å². The number of carbonyl (C=O) groups excluding carboxylic acids is 1. The van der Waals surface area contributed by atoms with Crippen molar-refractivity contribution in [3.8, 4) is 0 Å². The number of aromatic nitrogens is 1. The van der Waals surface area contributed by atoms with E-state index in [2.05, 4.69) is 15.2 Å². The molecule has 98 valence electrons. The van der Waals surface area contributed by atoms with E-state index in [1.807, 2.05) is 0 Å². The highest BCUT2D eigenvalue weighted by Crippen LogP contribution is 2.14. The van der Waals surface area contributed by atoms with Gasteiger partial charge < -0.3 is 10.2 Å². The molecule has 0 aliphatic carbocycles. The molecular formula is C12H15Cl2N3O. The van der Waals surface area contributed by atoms with Gasteiger partial charge in [0.25, 0.3) is 5.91 Å². The van der Waals surface area contributed by atoms with Gasteiger partial charge in [-0.25, -0.2) is 4.98 Å². The summed E-state index contributed by atoms with van der Waals surface area (Å²) in [5.74, 6) is -0.166. The number of nitrogens with zero attached hydrogens (tertiary/aromatic N) is 2. The second kappa shape index (κ2) is 6.36. The van der Waals surface area contributed by atoms with Crippen LogP contribution in [0.3, 0.4) is 0 Å². The molecule has 1 aromatic rings. The maximum absolute atomic E-state index is 11.8. The second-order valence-electron chi connectivity index (χ2n) is 4.31. The number of hydrogen-bond acceptors (Lipinski definition) is 3. The molecular weight excluding hydrogens is 273 g/mol.